The van der Waals surface area contributed by atoms with E-state index in [-0.39, 0.29) is 79.9 Å². The predicted octanol–water partition coefficient (Wildman–Crippen LogP) is 6.56. The number of carboxylic acid groups (broad SMARTS) is 1. The van der Waals surface area contributed by atoms with Crippen molar-refractivity contribution in [2.45, 2.75) is 75.4 Å². The van der Waals surface area contributed by atoms with Crippen LogP contribution in [0.3, 0.4) is 0 Å². The Morgan fingerprint density at radius 3 is 2.69 bits per heavy atom. The fourth-order valence-corrected chi connectivity index (χ4v) is 9.39. The first-order valence-corrected chi connectivity index (χ1v) is 18.4. The van der Waals surface area contributed by atoms with Gasteiger partial charge in [0, 0.05) is 44.9 Å². The number of hydrogen-bond acceptors (Lipinski definition) is 10. The summed E-state index contributed by atoms with van der Waals surface area (Å²) in [5, 5.41) is 11.3. The van der Waals surface area contributed by atoms with E-state index in [4.69, 9.17) is 23.9 Å². The third-order valence-electron chi connectivity index (χ3n) is 11.7. The Balaban J connectivity index is 1.28. The van der Waals surface area contributed by atoms with Gasteiger partial charge in [-0.25, -0.2) is 18.0 Å². The lowest BCUT2D eigenvalue weighted by atomic mass is 9.94. The predicted molar refractivity (Wildman–Crippen MR) is 190 cm³/mol. The number of rotatable bonds is 12. The summed E-state index contributed by atoms with van der Waals surface area (Å²) in [6.45, 7) is -0.930. The zero-order chi connectivity index (χ0) is 38.6. The van der Waals surface area contributed by atoms with Gasteiger partial charge < -0.3 is 29.0 Å². The van der Waals surface area contributed by atoms with E-state index >= 15 is 8.78 Å². The molecule has 4 fully saturated rings. The molecule has 0 spiro atoms. The van der Waals surface area contributed by atoms with Crippen LogP contribution < -0.4 is 14.4 Å². The first-order valence-electron chi connectivity index (χ1n) is 18.4. The number of piperazine rings is 1. The van der Waals surface area contributed by atoms with Crippen molar-refractivity contribution >= 4 is 33.6 Å². The molecule has 55 heavy (non-hydrogen) atoms. The molecule has 6 heterocycles. The molecule has 2 aromatic carbocycles. The van der Waals surface area contributed by atoms with Crippen LogP contribution in [0.25, 0.3) is 32.9 Å². The molecular formula is C38H41F5N6O6. The molecule has 2 bridgehead atoms. The highest BCUT2D eigenvalue weighted by atomic mass is 19.3. The molecule has 0 unspecified atom stereocenters. The lowest BCUT2D eigenvalue weighted by molar-refractivity contribution is -0.153. The Labute approximate surface area is 313 Å². The standard InChI is InChI=1S/C38H41F5N6O6/c1-3-25-28(40)6-5-21-11-24(55-20-52-2)12-26(29(21)25)31-30(41)32-27(14-44-31)33(46-35(45-32)54-18-37-8-4-10-48(37)15-22(39)13-37)47-16-23-7-9-38(17-47,19-53-34(42)43)49(23)36(50)51/h5-6,11-12,14,22-23,34H,3-4,7-10,13,15-20H2,1-2H3,(H,50,51)/t22-,23+,37+,38-/m1/s1. The number of hydrogen-bond donors (Lipinski definition) is 1. The van der Waals surface area contributed by atoms with E-state index in [2.05, 4.69) is 14.9 Å². The second-order valence-electron chi connectivity index (χ2n) is 14.9. The lowest BCUT2D eigenvalue weighted by Gasteiger charge is -2.47. The van der Waals surface area contributed by atoms with Gasteiger partial charge in [0.25, 0.3) is 0 Å². The first kappa shape index (κ1) is 37.3. The Hall–Kier alpha value is -4.61. The second-order valence-corrected chi connectivity index (χ2v) is 14.9. The number of aryl methyl sites for hydroxylation is 1. The van der Waals surface area contributed by atoms with Crippen LogP contribution >= 0.6 is 0 Å². The first-order chi connectivity index (χ1) is 26.5. The molecule has 1 N–H and O–H groups in total. The number of amides is 1. The molecule has 4 aromatic rings. The van der Waals surface area contributed by atoms with Crippen LogP contribution in [0.5, 0.6) is 11.8 Å². The minimum Gasteiger partial charge on any atom is -0.468 e. The number of ether oxygens (including phenoxy) is 4. The van der Waals surface area contributed by atoms with Gasteiger partial charge in [0.1, 0.15) is 41.4 Å². The van der Waals surface area contributed by atoms with Crippen molar-refractivity contribution in [1.82, 2.24) is 24.8 Å². The van der Waals surface area contributed by atoms with Gasteiger partial charge in [-0.3, -0.25) is 14.8 Å². The van der Waals surface area contributed by atoms with E-state index in [0.29, 0.717) is 41.3 Å². The van der Waals surface area contributed by atoms with Gasteiger partial charge in [-0.1, -0.05) is 13.0 Å². The van der Waals surface area contributed by atoms with Gasteiger partial charge in [-0.2, -0.15) is 18.7 Å². The van der Waals surface area contributed by atoms with Crippen LogP contribution in [0.2, 0.25) is 0 Å². The number of methoxy groups -OCH3 is 1. The van der Waals surface area contributed by atoms with Gasteiger partial charge in [0.15, 0.2) is 12.6 Å². The van der Waals surface area contributed by atoms with Crippen molar-refractivity contribution in [3.8, 4) is 23.0 Å². The molecule has 4 saturated heterocycles. The molecule has 2 aromatic heterocycles. The van der Waals surface area contributed by atoms with Gasteiger partial charge >= 0.3 is 18.7 Å². The monoisotopic (exact) mass is 772 g/mol. The molecule has 1 amide bonds. The van der Waals surface area contributed by atoms with Crippen molar-refractivity contribution in [3.63, 3.8) is 0 Å². The van der Waals surface area contributed by atoms with E-state index in [0.717, 1.165) is 13.0 Å². The summed E-state index contributed by atoms with van der Waals surface area (Å²) in [7, 11) is 1.46. The summed E-state index contributed by atoms with van der Waals surface area (Å²) in [5.74, 6) is -0.839. The van der Waals surface area contributed by atoms with Crippen molar-refractivity contribution in [2.75, 3.05) is 58.2 Å². The van der Waals surface area contributed by atoms with Crippen molar-refractivity contribution < 1.29 is 50.8 Å². The Kier molecular flexibility index (Phi) is 9.82. The molecule has 4 aliphatic heterocycles. The van der Waals surface area contributed by atoms with E-state index in [1.54, 1.807) is 30.0 Å². The third kappa shape index (κ3) is 6.52. The van der Waals surface area contributed by atoms with Crippen LogP contribution in [0.1, 0.15) is 44.6 Å². The summed E-state index contributed by atoms with van der Waals surface area (Å²) in [5.41, 5.74) is -1.65. The highest BCUT2D eigenvalue weighted by molar-refractivity contribution is 6.02. The molecule has 294 valence electrons. The van der Waals surface area contributed by atoms with Gasteiger partial charge in [-0.05, 0) is 73.2 Å². The highest BCUT2D eigenvalue weighted by Crippen LogP contribution is 2.45. The topological polar surface area (TPSA) is 123 Å². The number of carbonyl (C=O) groups is 1. The maximum atomic E-state index is 17.3. The largest absolute Gasteiger partial charge is 0.468 e. The minimum absolute atomic E-state index is 0.0438. The normalized spacial score (nSPS) is 25.1. The minimum atomic E-state index is -3.12. The Bertz CT molecular complexity index is 2130. The fourth-order valence-electron chi connectivity index (χ4n) is 9.39. The third-order valence-corrected chi connectivity index (χ3v) is 11.7. The molecule has 12 nitrogen and oxygen atoms in total. The maximum Gasteiger partial charge on any atom is 0.408 e. The summed E-state index contributed by atoms with van der Waals surface area (Å²) in [6.07, 6.45) is 1.88. The zero-order valence-corrected chi connectivity index (χ0v) is 30.4. The highest BCUT2D eigenvalue weighted by Gasteiger charge is 2.55. The average molecular weight is 773 g/mol. The summed E-state index contributed by atoms with van der Waals surface area (Å²) >= 11 is 0. The average Bonchev–Trinajstić information content (AvgIpc) is 3.77. The van der Waals surface area contributed by atoms with Gasteiger partial charge in [0.2, 0.25) is 0 Å². The Morgan fingerprint density at radius 2 is 1.93 bits per heavy atom. The SMILES string of the molecule is CCc1c(F)ccc2cc(OCOC)cc(-c3ncc4c(N5C[C@@H]6CC[C@](COC(F)F)(C5)N6C(=O)O)nc(OC[C@@]56CCCN5C[C@H](F)C6)nc4c3F)c12. The summed E-state index contributed by atoms with van der Waals surface area (Å²) in [6, 6.07) is 5.39. The van der Waals surface area contributed by atoms with Crippen LogP contribution in [-0.4, -0.2) is 119 Å². The zero-order valence-electron chi connectivity index (χ0n) is 30.4. The van der Waals surface area contributed by atoms with Crippen molar-refractivity contribution in [2.24, 2.45) is 0 Å². The molecular weight excluding hydrogens is 731 g/mol. The number of pyridine rings is 1. The molecule has 17 heteroatoms. The number of fused-ring (bicyclic) bond motifs is 5. The lowest BCUT2D eigenvalue weighted by Crippen LogP contribution is -2.65. The number of nitrogens with zero attached hydrogens (tertiary/aromatic N) is 6. The van der Waals surface area contributed by atoms with E-state index in [1.807, 2.05) is 0 Å². The van der Waals surface area contributed by atoms with E-state index in [9.17, 15) is 23.1 Å². The fraction of sp³-hybridized carbons (Fsp3) is 0.526. The Morgan fingerprint density at radius 1 is 1.09 bits per heavy atom. The molecule has 8 rings (SSSR count). The number of alkyl halides is 3. The van der Waals surface area contributed by atoms with Gasteiger partial charge in [0.05, 0.1) is 29.1 Å². The molecule has 0 aliphatic carbocycles. The van der Waals surface area contributed by atoms with Crippen LogP contribution in [-0.2, 0) is 15.9 Å². The van der Waals surface area contributed by atoms with E-state index in [1.165, 1.54) is 24.3 Å². The quantitative estimate of drug-likeness (QED) is 0.124. The van der Waals surface area contributed by atoms with Crippen LogP contribution in [0.4, 0.5) is 32.6 Å². The molecule has 4 atom stereocenters. The smallest absolute Gasteiger partial charge is 0.408 e. The molecule has 4 aliphatic rings. The number of benzene rings is 2. The number of anilines is 1. The van der Waals surface area contributed by atoms with Gasteiger partial charge in [-0.15, -0.1) is 0 Å². The number of halogens is 5. The van der Waals surface area contributed by atoms with Crippen molar-refractivity contribution in [1.29, 1.82) is 0 Å². The van der Waals surface area contributed by atoms with E-state index < -0.39 is 54.2 Å². The molecule has 0 radical (unpaired) electrons. The second kappa shape index (κ2) is 14.5. The summed E-state index contributed by atoms with van der Waals surface area (Å²) in [4.78, 5) is 31.2. The number of aromatic nitrogens is 3. The summed E-state index contributed by atoms with van der Waals surface area (Å²) < 4.78 is 95.8. The van der Waals surface area contributed by atoms with Crippen LogP contribution in [0, 0.1) is 11.6 Å². The van der Waals surface area contributed by atoms with Crippen LogP contribution in [0.15, 0.2) is 30.5 Å². The van der Waals surface area contributed by atoms with Crippen molar-refractivity contribution in [3.05, 3.63) is 47.7 Å². The molecule has 0 saturated carbocycles. The maximum absolute atomic E-state index is 17.3.